The van der Waals surface area contributed by atoms with E-state index in [0.29, 0.717) is 19.4 Å². The monoisotopic (exact) mass is 290 g/mol. The number of carboxylic acids is 1. The summed E-state index contributed by atoms with van der Waals surface area (Å²) in [5, 5.41) is 9.97. The molecule has 20 heavy (non-hydrogen) atoms. The van der Waals surface area contributed by atoms with E-state index in [0.717, 1.165) is 15.2 Å². The molecule has 0 bridgehead atoms. The minimum absolute atomic E-state index is 0.316. The van der Waals surface area contributed by atoms with Crippen LogP contribution >= 0.6 is 11.3 Å². The van der Waals surface area contributed by atoms with E-state index in [2.05, 4.69) is 4.98 Å². The molecule has 0 radical (unpaired) electrons. The van der Waals surface area contributed by atoms with Crippen molar-refractivity contribution in [1.29, 1.82) is 0 Å². The SMILES string of the molecule is CN(Cc1nc2ccccc2s1)C(=O)C1(C(=O)O)CC1. The number of carbonyl (C=O) groups is 2. The number of aromatic nitrogens is 1. The van der Waals surface area contributed by atoms with E-state index in [-0.39, 0.29) is 5.91 Å². The fourth-order valence-corrected chi connectivity index (χ4v) is 3.29. The molecule has 1 fully saturated rings. The van der Waals surface area contributed by atoms with Crippen LogP contribution in [0.25, 0.3) is 10.2 Å². The Labute approximate surface area is 119 Å². The van der Waals surface area contributed by atoms with Gasteiger partial charge in [-0.15, -0.1) is 11.3 Å². The van der Waals surface area contributed by atoms with Crippen LogP contribution in [0.2, 0.25) is 0 Å². The number of nitrogens with zero attached hydrogens (tertiary/aromatic N) is 2. The van der Waals surface area contributed by atoms with Crippen LogP contribution in [0.5, 0.6) is 0 Å². The van der Waals surface area contributed by atoms with Crippen molar-refractivity contribution in [2.75, 3.05) is 7.05 Å². The van der Waals surface area contributed by atoms with Gasteiger partial charge in [0.05, 0.1) is 16.8 Å². The smallest absolute Gasteiger partial charge is 0.319 e. The molecule has 1 heterocycles. The first-order valence-corrected chi connectivity index (χ1v) is 7.18. The Kier molecular flexibility index (Phi) is 2.97. The minimum Gasteiger partial charge on any atom is -0.480 e. The summed E-state index contributed by atoms with van der Waals surface area (Å²) in [5.41, 5.74) is -0.265. The Morgan fingerprint density at radius 3 is 2.70 bits per heavy atom. The number of carboxylic acid groups (broad SMARTS) is 1. The van der Waals surface area contributed by atoms with Crippen molar-refractivity contribution in [2.45, 2.75) is 19.4 Å². The van der Waals surface area contributed by atoms with Gasteiger partial charge in [-0.25, -0.2) is 4.98 Å². The molecule has 1 aromatic heterocycles. The summed E-state index contributed by atoms with van der Waals surface area (Å²) in [7, 11) is 1.64. The summed E-state index contributed by atoms with van der Waals surface area (Å²) < 4.78 is 1.07. The van der Waals surface area contributed by atoms with Crippen LogP contribution in [-0.2, 0) is 16.1 Å². The van der Waals surface area contributed by atoms with Crippen molar-refractivity contribution in [3.63, 3.8) is 0 Å². The highest BCUT2D eigenvalue weighted by Gasteiger charge is 2.58. The quantitative estimate of drug-likeness (QED) is 0.876. The lowest BCUT2D eigenvalue weighted by Gasteiger charge is -2.19. The normalized spacial score (nSPS) is 16.1. The molecule has 1 N–H and O–H groups in total. The Morgan fingerprint density at radius 1 is 1.40 bits per heavy atom. The van der Waals surface area contributed by atoms with Crippen LogP contribution in [0.1, 0.15) is 17.8 Å². The highest BCUT2D eigenvalue weighted by Crippen LogP contribution is 2.47. The molecule has 0 spiro atoms. The molecular weight excluding hydrogens is 276 g/mol. The molecule has 1 amide bonds. The maximum absolute atomic E-state index is 12.2. The first-order chi connectivity index (χ1) is 9.53. The number of hydrogen-bond donors (Lipinski definition) is 1. The van der Waals surface area contributed by atoms with Gasteiger partial charge in [-0.2, -0.15) is 0 Å². The zero-order chi connectivity index (χ0) is 14.3. The summed E-state index contributed by atoms with van der Waals surface area (Å²) in [6.07, 6.45) is 0.872. The Bertz CT molecular complexity index is 658. The van der Waals surface area contributed by atoms with E-state index in [9.17, 15) is 9.59 Å². The van der Waals surface area contributed by atoms with Gasteiger partial charge in [-0.1, -0.05) is 12.1 Å². The zero-order valence-corrected chi connectivity index (χ0v) is 11.8. The summed E-state index contributed by atoms with van der Waals surface area (Å²) >= 11 is 1.53. The number of thiazole rings is 1. The molecule has 1 aliphatic carbocycles. The molecule has 0 unspecified atom stereocenters. The van der Waals surface area contributed by atoms with E-state index in [1.807, 2.05) is 24.3 Å². The fraction of sp³-hybridized carbons (Fsp3) is 0.357. The second-order valence-corrected chi connectivity index (χ2v) is 6.24. The molecule has 0 saturated heterocycles. The third-order valence-electron chi connectivity index (χ3n) is 3.63. The lowest BCUT2D eigenvalue weighted by Crippen LogP contribution is -2.38. The van der Waals surface area contributed by atoms with E-state index in [4.69, 9.17) is 5.11 Å². The summed E-state index contributed by atoms with van der Waals surface area (Å²) in [6.45, 7) is 0.354. The van der Waals surface area contributed by atoms with Crippen molar-refractivity contribution in [3.05, 3.63) is 29.3 Å². The van der Waals surface area contributed by atoms with Gasteiger partial charge < -0.3 is 10.0 Å². The van der Waals surface area contributed by atoms with E-state index in [1.165, 1.54) is 16.2 Å². The van der Waals surface area contributed by atoms with Crippen LogP contribution in [-0.4, -0.2) is 33.9 Å². The van der Waals surface area contributed by atoms with E-state index < -0.39 is 11.4 Å². The first kappa shape index (κ1) is 13.1. The Morgan fingerprint density at radius 2 is 2.10 bits per heavy atom. The summed E-state index contributed by atoms with van der Waals surface area (Å²) in [6, 6.07) is 7.78. The standard InChI is InChI=1S/C14H14N2O3S/c1-16(12(17)14(6-7-14)13(18)19)8-11-15-9-4-2-3-5-10(9)20-11/h2-5H,6-8H2,1H3,(H,18,19). The second-order valence-electron chi connectivity index (χ2n) is 5.12. The third-order valence-corrected chi connectivity index (χ3v) is 4.65. The van der Waals surface area contributed by atoms with E-state index in [1.54, 1.807) is 7.05 Å². The van der Waals surface area contributed by atoms with Gasteiger partial charge in [0.15, 0.2) is 0 Å². The van der Waals surface area contributed by atoms with Crippen molar-refractivity contribution < 1.29 is 14.7 Å². The molecule has 3 rings (SSSR count). The molecule has 104 valence electrons. The van der Waals surface area contributed by atoms with Gasteiger partial charge in [0.25, 0.3) is 0 Å². The van der Waals surface area contributed by atoms with Crippen molar-refractivity contribution in [1.82, 2.24) is 9.88 Å². The highest BCUT2D eigenvalue weighted by atomic mass is 32.1. The molecule has 0 aliphatic heterocycles. The Hall–Kier alpha value is -1.95. The molecule has 1 saturated carbocycles. The average molecular weight is 290 g/mol. The maximum atomic E-state index is 12.2. The number of carbonyl (C=O) groups excluding carboxylic acids is 1. The molecule has 6 heteroatoms. The van der Waals surface area contributed by atoms with Gasteiger partial charge >= 0.3 is 5.97 Å². The number of amides is 1. The van der Waals surface area contributed by atoms with Gasteiger partial charge in [0, 0.05) is 7.05 Å². The maximum Gasteiger partial charge on any atom is 0.319 e. The first-order valence-electron chi connectivity index (χ1n) is 6.36. The minimum atomic E-state index is -1.18. The van der Waals surface area contributed by atoms with Crippen LogP contribution < -0.4 is 0 Å². The van der Waals surface area contributed by atoms with Crippen LogP contribution in [0, 0.1) is 5.41 Å². The van der Waals surface area contributed by atoms with Gasteiger partial charge in [-0.05, 0) is 25.0 Å². The van der Waals surface area contributed by atoms with Crippen LogP contribution in [0.4, 0.5) is 0 Å². The lowest BCUT2D eigenvalue weighted by atomic mass is 10.1. The largest absolute Gasteiger partial charge is 0.480 e. The lowest BCUT2D eigenvalue weighted by molar-refractivity contribution is -0.153. The predicted molar refractivity (Wildman–Crippen MR) is 75.4 cm³/mol. The topological polar surface area (TPSA) is 70.5 Å². The third kappa shape index (κ3) is 2.06. The molecular formula is C14H14N2O3S. The van der Waals surface area contributed by atoms with Gasteiger partial charge in [0.1, 0.15) is 10.4 Å². The van der Waals surface area contributed by atoms with Gasteiger partial charge in [-0.3, -0.25) is 9.59 Å². The number of benzene rings is 1. The fourth-order valence-electron chi connectivity index (χ4n) is 2.27. The zero-order valence-electron chi connectivity index (χ0n) is 11.0. The average Bonchev–Trinajstić information content (AvgIpc) is 3.13. The summed E-state index contributed by atoms with van der Waals surface area (Å²) in [5.74, 6) is -1.33. The van der Waals surface area contributed by atoms with E-state index >= 15 is 0 Å². The molecule has 5 nitrogen and oxygen atoms in total. The summed E-state index contributed by atoms with van der Waals surface area (Å²) in [4.78, 5) is 29.3. The van der Waals surface area contributed by atoms with Crippen molar-refractivity contribution in [2.24, 2.45) is 5.41 Å². The number of aliphatic carboxylic acids is 1. The van der Waals surface area contributed by atoms with Crippen LogP contribution in [0.3, 0.4) is 0 Å². The number of rotatable bonds is 4. The number of hydrogen-bond acceptors (Lipinski definition) is 4. The van der Waals surface area contributed by atoms with Gasteiger partial charge in [0.2, 0.25) is 5.91 Å². The number of fused-ring (bicyclic) bond motifs is 1. The molecule has 1 aromatic carbocycles. The molecule has 2 aromatic rings. The Balaban J connectivity index is 1.77. The van der Waals surface area contributed by atoms with Crippen LogP contribution in [0.15, 0.2) is 24.3 Å². The molecule has 0 atom stereocenters. The van der Waals surface area contributed by atoms with Crippen molar-refractivity contribution >= 4 is 33.4 Å². The van der Waals surface area contributed by atoms with Crippen molar-refractivity contribution in [3.8, 4) is 0 Å². The predicted octanol–water partition coefficient (Wildman–Crippen LogP) is 2.12. The number of para-hydroxylation sites is 1. The highest BCUT2D eigenvalue weighted by molar-refractivity contribution is 7.18. The second kappa shape index (κ2) is 4.56. The molecule has 1 aliphatic rings.